The predicted molar refractivity (Wildman–Crippen MR) is 80.5 cm³/mol. The van der Waals surface area contributed by atoms with Gasteiger partial charge in [-0.05, 0) is 31.4 Å². The van der Waals surface area contributed by atoms with Crippen LogP contribution in [-0.2, 0) is 11.3 Å². The highest BCUT2D eigenvalue weighted by Crippen LogP contribution is 2.31. The van der Waals surface area contributed by atoms with E-state index >= 15 is 0 Å². The zero-order valence-electron chi connectivity index (χ0n) is 11.3. The van der Waals surface area contributed by atoms with Crippen LogP contribution < -0.4 is 5.73 Å². The Morgan fingerprint density at radius 1 is 1.55 bits per heavy atom. The van der Waals surface area contributed by atoms with Gasteiger partial charge in [-0.2, -0.15) is 0 Å². The molecule has 0 heterocycles. The van der Waals surface area contributed by atoms with E-state index in [1.54, 1.807) is 17.0 Å². The van der Waals surface area contributed by atoms with Gasteiger partial charge in [0.15, 0.2) is 0 Å². The summed E-state index contributed by atoms with van der Waals surface area (Å²) in [6.45, 7) is 2.06. The Bertz CT molecular complexity index is 460. The summed E-state index contributed by atoms with van der Waals surface area (Å²) in [6, 6.07) is 4.21. The van der Waals surface area contributed by atoms with Crippen LogP contribution in [0.5, 0.6) is 0 Å². The van der Waals surface area contributed by atoms with Gasteiger partial charge in [-0.3, -0.25) is 4.79 Å². The molecule has 6 heteroatoms. The van der Waals surface area contributed by atoms with Crippen LogP contribution in [0.1, 0.15) is 31.7 Å². The third-order valence-electron chi connectivity index (χ3n) is 3.42. The zero-order valence-corrected chi connectivity index (χ0v) is 12.9. The summed E-state index contributed by atoms with van der Waals surface area (Å²) >= 11 is 6.01. The number of halogens is 3. The van der Waals surface area contributed by atoms with Gasteiger partial charge in [0.05, 0.1) is 12.6 Å². The molecule has 112 valence electrons. The van der Waals surface area contributed by atoms with Crippen LogP contribution in [-0.4, -0.2) is 22.9 Å². The van der Waals surface area contributed by atoms with Gasteiger partial charge in [0.25, 0.3) is 0 Å². The maximum atomic E-state index is 13.8. The molecule has 0 unspecified atom stereocenters. The molecule has 1 atom stereocenters. The molecule has 0 bridgehead atoms. The molecule has 1 aliphatic carbocycles. The van der Waals surface area contributed by atoms with Crippen LogP contribution in [0.2, 0.25) is 5.02 Å². The van der Waals surface area contributed by atoms with Crippen molar-refractivity contribution < 1.29 is 9.18 Å². The summed E-state index contributed by atoms with van der Waals surface area (Å²) in [5, 5.41) is 0.350. The van der Waals surface area contributed by atoms with Crippen molar-refractivity contribution in [1.82, 2.24) is 4.90 Å². The summed E-state index contributed by atoms with van der Waals surface area (Å²) < 4.78 is 13.8. The minimum atomic E-state index is -0.522. The van der Waals surface area contributed by atoms with E-state index in [0.717, 1.165) is 12.8 Å². The largest absolute Gasteiger partial charge is 0.334 e. The molecule has 0 aromatic heterocycles. The lowest BCUT2D eigenvalue weighted by Crippen LogP contribution is -2.44. The van der Waals surface area contributed by atoms with Crippen LogP contribution in [0.4, 0.5) is 4.39 Å². The Hall–Kier alpha value is -0.840. The van der Waals surface area contributed by atoms with Crippen molar-refractivity contribution in [2.24, 2.45) is 5.73 Å². The van der Waals surface area contributed by atoms with Crippen LogP contribution in [0.15, 0.2) is 18.2 Å². The first kappa shape index (κ1) is 17.2. The molecule has 1 fully saturated rings. The van der Waals surface area contributed by atoms with Gasteiger partial charge < -0.3 is 10.6 Å². The number of carbonyl (C=O) groups excluding carboxylic acids is 1. The first-order chi connectivity index (χ1) is 9.04. The number of nitrogens with zero attached hydrogens (tertiary/aromatic N) is 1. The molecule has 1 aromatic carbocycles. The minimum absolute atomic E-state index is 0. The number of rotatable bonds is 5. The van der Waals surface area contributed by atoms with Gasteiger partial charge >= 0.3 is 0 Å². The smallest absolute Gasteiger partial charge is 0.240 e. The Balaban J connectivity index is 0.00000200. The summed E-state index contributed by atoms with van der Waals surface area (Å²) in [5.74, 6) is -0.500. The molecule has 1 aromatic rings. The van der Waals surface area contributed by atoms with Gasteiger partial charge in [-0.15, -0.1) is 12.4 Å². The quantitative estimate of drug-likeness (QED) is 0.906. The Morgan fingerprint density at radius 2 is 2.20 bits per heavy atom. The molecule has 1 aliphatic rings. The molecule has 0 radical (unpaired) electrons. The number of hydrogen-bond acceptors (Lipinski definition) is 2. The zero-order chi connectivity index (χ0) is 14.0. The van der Waals surface area contributed by atoms with Crippen molar-refractivity contribution in [3.05, 3.63) is 34.6 Å². The molecular weight excluding hydrogens is 302 g/mol. The highest BCUT2D eigenvalue weighted by Gasteiger charge is 2.35. The molecule has 0 saturated heterocycles. The number of hydrogen-bond donors (Lipinski definition) is 1. The van der Waals surface area contributed by atoms with Crippen molar-refractivity contribution in [2.45, 2.75) is 44.8 Å². The van der Waals surface area contributed by atoms with Crippen LogP contribution >= 0.6 is 24.0 Å². The molecule has 1 amide bonds. The van der Waals surface area contributed by atoms with Gasteiger partial charge in [0, 0.05) is 16.6 Å². The highest BCUT2D eigenvalue weighted by molar-refractivity contribution is 6.31. The third kappa shape index (κ3) is 3.84. The fourth-order valence-electron chi connectivity index (χ4n) is 2.01. The lowest BCUT2D eigenvalue weighted by molar-refractivity contribution is -0.133. The summed E-state index contributed by atoms with van der Waals surface area (Å²) in [6.07, 6.45) is 2.48. The van der Waals surface area contributed by atoms with Crippen molar-refractivity contribution in [1.29, 1.82) is 0 Å². The number of nitrogens with two attached hydrogens (primary N) is 1. The molecule has 0 spiro atoms. The first-order valence-corrected chi connectivity index (χ1v) is 6.91. The maximum Gasteiger partial charge on any atom is 0.240 e. The second-order valence-corrected chi connectivity index (χ2v) is 5.32. The van der Waals surface area contributed by atoms with E-state index in [9.17, 15) is 9.18 Å². The second-order valence-electron chi connectivity index (χ2n) is 4.91. The fraction of sp³-hybridized carbons (Fsp3) is 0.500. The van der Waals surface area contributed by atoms with E-state index < -0.39 is 6.04 Å². The third-order valence-corrected chi connectivity index (χ3v) is 3.77. The summed E-state index contributed by atoms with van der Waals surface area (Å²) in [7, 11) is 0. The molecule has 3 nitrogen and oxygen atoms in total. The van der Waals surface area contributed by atoms with E-state index in [4.69, 9.17) is 17.3 Å². The average Bonchev–Trinajstić information content (AvgIpc) is 3.21. The van der Waals surface area contributed by atoms with E-state index in [2.05, 4.69) is 0 Å². The SMILES string of the molecule is CC[C@H](N)C(=O)N(Cc1c(F)cccc1Cl)C1CC1.Cl. The normalized spacial score (nSPS) is 15.4. The number of benzene rings is 1. The summed E-state index contributed by atoms with van der Waals surface area (Å²) in [5.41, 5.74) is 6.16. The Kier molecular flexibility index (Phi) is 6.24. The van der Waals surface area contributed by atoms with E-state index in [1.165, 1.54) is 6.07 Å². The molecule has 0 aliphatic heterocycles. The van der Waals surface area contributed by atoms with Crippen molar-refractivity contribution in [3.8, 4) is 0 Å². The molecule has 2 rings (SSSR count). The molecular formula is C14H19Cl2FN2O. The lowest BCUT2D eigenvalue weighted by atomic mass is 10.1. The monoisotopic (exact) mass is 320 g/mol. The fourth-order valence-corrected chi connectivity index (χ4v) is 2.24. The molecule has 1 saturated carbocycles. The standard InChI is InChI=1S/C14H18ClFN2O.ClH/c1-2-13(17)14(19)18(9-6-7-9)8-10-11(15)4-3-5-12(10)16;/h3-5,9,13H,2,6-8,17H2,1H3;1H/t13-;/m0./s1. The van der Waals surface area contributed by atoms with E-state index in [0.29, 0.717) is 17.0 Å². The average molecular weight is 321 g/mol. The first-order valence-electron chi connectivity index (χ1n) is 6.53. The number of carbonyl (C=O) groups is 1. The highest BCUT2D eigenvalue weighted by atomic mass is 35.5. The summed E-state index contributed by atoms with van der Waals surface area (Å²) in [4.78, 5) is 13.9. The van der Waals surface area contributed by atoms with Crippen molar-refractivity contribution in [2.75, 3.05) is 0 Å². The Morgan fingerprint density at radius 3 is 2.70 bits per heavy atom. The predicted octanol–water partition coefficient (Wildman–Crippen LogP) is 3.13. The maximum absolute atomic E-state index is 13.8. The van der Waals surface area contributed by atoms with E-state index in [-0.39, 0.29) is 36.7 Å². The van der Waals surface area contributed by atoms with Gasteiger partial charge in [0.1, 0.15) is 5.82 Å². The van der Waals surface area contributed by atoms with Crippen LogP contribution in [0.25, 0.3) is 0 Å². The Labute approximate surface area is 129 Å². The number of amides is 1. The minimum Gasteiger partial charge on any atom is -0.334 e. The topological polar surface area (TPSA) is 46.3 Å². The molecule has 20 heavy (non-hydrogen) atoms. The van der Waals surface area contributed by atoms with Gasteiger partial charge in [0.2, 0.25) is 5.91 Å². The van der Waals surface area contributed by atoms with E-state index in [1.807, 2.05) is 6.92 Å². The second kappa shape index (κ2) is 7.25. The lowest BCUT2D eigenvalue weighted by Gasteiger charge is -2.26. The van der Waals surface area contributed by atoms with Crippen molar-refractivity contribution >= 4 is 29.9 Å². The van der Waals surface area contributed by atoms with Crippen LogP contribution in [0, 0.1) is 5.82 Å². The van der Waals surface area contributed by atoms with Gasteiger partial charge in [-0.25, -0.2) is 4.39 Å². The van der Waals surface area contributed by atoms with Gasteiger partial charge in [-0.1, -0.05) is 24.6 Å². The van der Waals surface area contributed by atoms with Crippen molar-refractivity contribution in [3.63, 3.8) is 0 Å². The molecule has 2 N–H and O–H groups in total. The van der Waals surface area contributed by atoms with Crippen LogP contribution in [0.3, 0.4) is 0 Å².